The Morgan fingerprint density at radius 3 is 2.71 bits per heavy atom. The summed E-state index contributed by atoms with van der Waals surface area (Å²) in [6.07, 6.45) is 2.95. The van der Waals surface area contributed by atoms with Crippen LogP contribution < -0.4 is 16.8 Å². The lowest BCUT2D eigenvalue weighted by Crippen LogP contribution is -2.18. The van der Waals surface area contributed by atoms with Crippen molar-refractivity contribution < 1.29 is 4.39 Å². The zero-order chi connectivity index (χ0) is 13.0. The van der Waals surface area contributed by atoms with Gasteiger partial charge in [-0.1, -0.05) is 11.6 Å². The van der Waals surface area contributed by atoms with Gasteiger partial charge in [0.25, 0.3) is 0 Å². The fourth-order valence-electron chi connectivity index (χ4n) is 1.43. The van der Waals surface area contributed by atoms with Crippen LogP contribution in [0.4, 0.5) is 21.5 Å². The molecule has 0 amide bonds. The van der Waals surface area contributed by atoms with E-state index < -0.39 is 5.82 Å². The maximum Gasteiger partial charge on any atom is 0.169 e. The van der Waals surface area contributed by atoms with Crippen LogP contribution in [0.5, 0.6) is 0 Å². The molecule has 0 aliphatic carbocycles. The molecule has 1 unspecified atom stereocenters. The maximum absolute atomic E-state index is 13.8. The van der Waals surface area contributed by atoms with Gasteiger partial charge in [-0.15, -0.1) is 0 Å². The van der Waals surface area contributed by atoms with E-state index in [-0.39, 0.29) is 28.1 Å². The molecule has 0 aromatic heterocycles. The molecule has 1 atom stereocenters. The van der Waals surface area contributed by atoms with Gasteiger partial charge in [0.1, 0.15) is 5.02 Å². The minimum absolute atomic E-state index is 0.0845. The summed E-state index contributed by atoms with van der Waals surface area (Å²) < 4.78 is 13.8. The Labute approximate surface area is 110 Å². The summed E-state index contributed by atoms with van der Waals surface area (Å²) >= 11 is 7.49. The van der Waals surface area contributed by atoms with Crippen molar-refractivity contribution >= 4 is 40.4 Å². The molecule has 0 aliphatic rings. The Morgan fingerprint density at radius 2 is 2.12 bits per heavy atom. The van der Waals surface area contributed by atoms with Crippen LogP contribution in [0.1, 0.15) is 13.3 Å². The van der Waals surface area contributed by atoms with Gasteiger partial charge in [0.15, 0.2) is 5.82 Å². The molecular formula is C11H17ClFN3S. The number of nitrogens with two attached hydrogens (primary N) is 2. The number of nitrogen functional groups attached to an aromatic ring is 2. The first-order valence-corrected chi connectivity index (χ1v) is 7.03. The predicted molar refractivity (Wildman–Crippen MR) is 76.3 cm³/mol. The van der Waals surface area contributed by atoms with Crippen LogP contribution in [0, 0.1) is 5.82 Å². The minimum Gasteiger partial charge on any atom is -0.397 e. The SMILES string of the molecule is CSCCC(C)Nc1c(N)cc(N)c(Cl)c1F. The first kappa shape index (κ1) is 14.3. The van der Waals surface area contributed by atoms with Gasteiger partial charge in [-0.05, 0) is 31.4 Å². The van der Waals surface area contributed by atoms with E-state index in [4.69, 9.17) is 23.1 Å². The molecule has 0 saturated heterocycles. The lowest BCUT2D eigenvalue weighted by Gasteiger charge is -2.18. The summed E-state index contributed by atoms with van der Waals surface area (Å²) in [4.78, 5) is 0. The molecule has 0 fully saturated rings. The fraction of sp³-hybridized carbons (Fsp3) is 0.455. The monoisotopic (exact) mass is 277 g/mol. The first-order chi connectivity index (χ1) is 7.97. The average molecular weight is 278 g/mol. The Morgan fingerprint density at radius 1 is 1.47 bits per heavy atom. The van der Waals surface area contributed by atoms with Gasteiger partial charge in [0.05, 0.1) is 17.1 Å². The van der Waals surface area contributed by atoms with Gasteiger partial charge in [-0.25, -0.2) is 4.39 Å². The van der Waals surface area contributed by atoms with Crippen LogP contribution in [-0.2, 0) is 0 Å². The van der Waals surface area contributed by atoms with Gasteiger partial charge in [0, 0.05) is 6.04 Å². The van der Waals surface area contributed by atoms with Gasteiger partial charge in [-0.3, -0.25) is 0 Å². The van der Waals surface area contributed by atoms with Crippen LogP contribution in [0.15, 0.2) is 6.07 Å². The topological polar surface area (TPSA) is 64.1 Å². The third-order valence-corrected chi connectivity index (χ3v) is 3.44. The minimum atomic E-state index is -0.583. The van der Waals surface area contributed by atoms with Crippen molar-refractivity contribution in [1.29, 1.82) is 0 Å². The number of rotatable bonds is 5. The van der Waals surface area contributed by atoms with E-state index >= 15 is 0 Å². The molecular weight excluding hydrogens is 261 g/mol. The molecule has 0 spiro atoms. The normalized spacial score (nSPS) is 12.5. The molecule has 3 nitrogen and oxygen atoms in total. The number of hydrogen-bond donors (Lipinski definition) is 3. The molecule has 1 aromatic carbocycles. The Balaban J connectivity index is 2.87. The Bertz CT molecular complexity index is 401. The van der Waals surface area contributed by atoms with E-state index in [0.29, 0.717) is 0 Å². The summed E-state index contributed by atoms with van der Waals surface area (Å²) in [5.74, 6) is 0.415. The van der Waals surface area contributed by atoms with E-state index in [9.17, 15) is 4.39 Å². The standard InChI is InChI=1S/C11H17ClFN3S/c1-6(3-4-17-2)16-11-8(15)5-7(14)9(12)10(11)13/h5-6,16H,3-4,14-15H2,1-2H3. The lowest BCUT2D eigenvalue weighted by molar-refractivity contribution is 0.627. The lowest BCUT2D eigenvalue weighted by atomic mass is 10.2. The molecule has 5 N–H and O–H groups in total. The zero-order valence-corrected chi connectivity index (χ0v) is 11.5. The van der Waals surface area contributed by atoms with Gasteiger partial charge in [0.2, 0.25) is 0 Å². The second kappa shape index (κ2) is 6.21. The van der Waals surface area contributed by atoms with E-state index in [0.717, 1.165) is 12.2 Å². The van der Waals surface area contributed by atoms with Gasteiger partial charge >= 0.3 is 0 Å². The summed E-state index contributed by atoms with van der Waals surface area (Å²) in [5.41, 5.74) is 11.9. The first-order valence-electron chi connectivity index (χ1n) is 5.25. The van der Waals surface area contributed by atoms with Crippen LogP contribution in [0.3, 0.4) is 0 Å². The third-order valence-electron chi connectivity index (χ3n) is 2.41. The number of thioether (sulfide) groups is 1. The molecule has 1 aromatic rings. The van der Waals surface area contributed by atoms with Crippen molar-refractivity contribution in [2.75, 3.05) is 28.8 Å². The summed E-state index contributed by atoms with van der Waals surface area (Å²) in [6, 6.07) is 1.59. The highest BCUT2D eigenvalue weighted by Gasteiger charge is 2.15. The van der Waals surface area contributed by atoms with Crippen molar-refractivity contribution in [3.63, 3.8) is 0 Å². The van der Waals surface area contributed by atoms with E-state index in [1.165, 1.54) is 6.07 Å². The fourth-order valence-corrected chi connectivity index (χ4v) is 2.16. The van der Waals surface area contributed by atoms with Gasteiger partial charge in [-0.2, -0.15) is 11.8 Å². The largest absolute Gasteiger partial charge is 0.397 e. The van der Waals surface area contributed by atoms with Crippen molar-refractivity contribution in [2.24, 2.45) is 0 Å². The van der Waals surface area contributed by atoms with Crippen LogP contribution in [0.25, 0.3) is 0 Å². The summed E-state index contributed by atoms with van der Waals surface area (Å²) in [5, 5.41) is 2.94. The van der Waals surface area contributed by atoms with Crippen LogP contribution in [0.2, 0.25) is 5.02 Å². The molecule has 0 aliphatic heterocycles. The molecule has 0 bridgehead atoms. The molecule has 0 saturated carbocycles. The highest BCUT2D eigenvalue weighted by Crippen LogP contribution is 2.34. The predicted octanol–water partition coefficient (Wildman–Crippen LogP) is 3.20. The zero-order valence-electron chi connectivity index (χ0n) is 9.89. The third kappa shape index (κ3) is 3.57. The number of nitrogens with one attached hydrogen (secondary N) is 1. The smallest absolute Gasteiger partial charge is 0.169 e. The molecule has 17 heavy (non-hydrogen) atoms. The molecule has 96 valence electrons. The van der Waals surface area contributed by atoms with Gasteiger partial charge < -0.3 is 16.8 Å². The molecule has 0 radical (unpaired) electrons. The van der Waals surface area contributed by atoms with E-state index in [1.54, 1.807) is 11.8 Å². The van der Waals surface area contributed by atoms with E-state index in [1.807, 2.05) is 13.2 Å². The summed E-state index contributed by atoms with van der Waals surface area (Å²) in [6.45, 7) is 1.97. The van der Waals surface area contributed by atoms with Crippen molar-refractivity contribution in [2.45, 2.75) is 19.4 Å². The number of halogens is 2. The number of hydrogen-bond acceptors (Lipinski definition) is 4. The van der Waals surface area contributed by atoms with Crippen molar-refractivity contribution in [1.82, 2.24) is 0 Å². The second-order valence-corrected chi connectivity index (χ2v) is 5.25. The van der Waals surface area contributed by atoms with Crippen LogP contribution >= 0.6 is 23.4 Å². The van der Waals surface area contributed by atoms with Crippen molar-refractivity contribution in [3.05, 3.63) is 16.9 Å². The molecule has 1 rings (SSSR count). The van der Waals surface area contributed by atoms with Crippen molar-refractivity contribution in [3.8, 4) is 0 Å². The number of anilines is 3. The number of benzene rings is 1. The second-order valence-electron chi connectivity index (χ2n) is 3.88. The summed E-state index contributed by atoms with van der Waals surface area (Å²) in [7, 11) is 0. The molecule has 6 heteroatoms. The maximum atomic E-state index is 13.8. The highest BCUT2D eigenvalue weighted by atomic mass is 35.5. The highest BCUT2D eigenvalue weighted by molar-refractivity contribution is 7.98. The quantitative estimate of drug-likeness (QED) is 0.723. The Hall–Kier alpha value is -0.810. The average Bonchev–Trinajstić information content (AvgIpc) is 2.29. The van der Waals surface area contributed by atoms with E-state index in [2.05, 4.69) is 5.32 Å². The Kier molecular flexibility index (Phi) is 5.21. The van der Waals surface area contributed by atoms with Crippen LogP contribution in [-0.4, -0.2) is 18.1 Å². The molecule has 0 heterocycles.